The van der Waals surface area contributed by atoms with Gasteiger partial charge in [0.2, 0.25) is 0 Å². The summed E-state index contributed by atoms with van der Waals surface area (Å²) in [7, 11) is 4.11. The van der Waals surface area contributed by atoms with Crippen molar-refractivity contribution in [1.82, 2.24) is 4.90 Å². The van der Waals surface area contributed by atoms with Gasteiger partial charge in [-0.05, 0) is 14.1 Å². The molecule has 9 heavy (non-hydrogen) atoms. The zero-order chi connectivity index (χ0) is 6.69. The fourth-order valence-corrected chi connectivity index (χ4v) is 0.959. The van der Waals surface area contributed by atoms with E-state index in [1.165, 1.54) is 0 Å². The molecule has 0 amide bonds. The topological polar surface area (TPSA) is 21.7 Å². The fraction of sp³-hybridized carbons (Fsp3) is 1.00. The van der Waals surface area contributed by atoms with Crippen molar-refractivity contribution in [2.75, 3.05) is 33.9 Å². The normalized spacial score (nSPS) is 21.7. The van der Waals surface area contributed by atoms with Gasteiger partial charge in [0.1, 0.15) is 0 Å². The Hall–Kier alpha value is -0.120. The number of rotatable bonds is 2. The van der Waals surface area contributed by atoms with Gasteiger partial charge >= 0.3 is 0 Å². The molecule has 0 aromatic carbocycles. The lowest BCUT2D eigenvalue weighted by Crippen LogP contribution is -2.23. The van der Waals surface area contributed by atoms with Crippen LogP contribution in [0.1, 0.15) is 0 Å². The highest BCUT2D eigenvalue weighted by atomic mass is 17.2. The number of nitrogens with zero attached hydrogens (tertiary/aromatic N) is 1. The molecular formula is C6H13NO2. The van der Waals surface area contributed by atoms with E-state index < -0.39 is 0 Å². The highest BCUT2D eigenvalue weighted by Crippen LogP contribution is 2.07. The van der Waals surface area contributed by atoms with E-state index >= 15 is 0 Å². The summed E-state index contributed by atoms with van der Waals surface area (Å²) >= 11 is 0. The maximum atomic E-state index is 4.73. The molecule has 0 aromatic rings. The molecule has 0 unspecified atom stereocenters. The van der Waals surface area contributed by atoms with Gasteiger partial charge in [-0.25, -0.2) is 9.78 Å². The van der Waals surface area contributed by atoms with Crippen LogP contribution in [0, 0.1) is 5.92 Å². The Kier molecular flexibility index (Phi) is 2.45. The Labute approximate surface area is 55.5 Å². The summed E-state index contributed by atoms with van der Waals surface area (Å²) in [6.07, 6.45) is 0. The van der Waals surface area contributed by atoms with Crippen LogP contribution in [-0.2, 0) is 9.78 Å². The Bertz CT molecular complexity index is 79.1. The molecule has 1 heterocycles. The van der Waals surface area contributed by atoms with Crippen molar-refractivity contribution in [3.63, 3.8) is 0 Å². The van der Waals surface area contributed by atoms with Crippen molar-refractivity contribution in [2.24, 2.45) is 5.92 Å². The van der Waals surface area contributed by atoms with Crippen LogP contribution >= 0.6 is 0 Å². The number of hydrogen-bond donors (Lipinski definition) is 0. The smallest absolute Gasteiger partial charge is 0.0886 e. The Balaban J connectivity index is 2.11. The summed E-state index contributed by atoms with van der Waals surface area (Å²) in [6.45, 7) is 2.55. The SMILES string of the molecule is CN(C)CC1COOC1. The van der Waals surface area contributed by atoms with Gasteiger partial charge in [-0.2, -0.15) is 0 Å². The molecule has 3 heteroatoms. The van der Waals surface area contributed by atoms with Crippen molar-refractivity contribution < 1.29 is 9.78 Å². The molecule has 1 aliphatic rings. The first-order valence-corrected chi connectivity index (χ1v) is 3.18. The fourth-order valence-electron chi connectivity index (χ4n) is 0.959. The molecule has 0 bridgehead atoms. The molecule has 0 N–H and O–H groups in total. The van der Waals surface area contributed by atoms with Crippen LogP contribution in [0.25, 0.3) is 0 Å². The molecule has 0 atom stereocenters. The average molecular weight is 131 g/mol. The molecule has 0 saturated carbocycles. The van der Waals surface area contributed by atoms with E-state index in [0.29, 0.717) is 5.92 Å². The first kappa shape index (κ1) is 6.99. The van der Waals surface area contributed by atoms with Gasteiger partial charge in [-0.3, -0.25) is 0 Å². The van der Waals surface area contributed by atoms with Crippen LogP contribution in [-0.4, -0.2) is 38.8 Å². The third-order valence-electron chi connectivity index (χ3n) is 1.31. The Morgan fingerprint density at radius 1 is 1.33 bits per heavy atom. The predicted octanol–water partition coefficient (Wildman–Crippen LogP) is 0.126. The summed E-state index contributed by atoms with van der Waals surface area (Å²) in [5.74, 6) is 0.569. The summed E-state index contributed by atoms with van der Waals surface area (Å²) in [6, 6.07) is 0. The highest BCUT2D eigenvalue weighted by molar-refractivity contribution is 4.61. The molecule has 3 nitrogen and oxygen atoms in total. The summed E-state index contributed by atoms with van der Waals surface area (Å²) in [5.41, 5.74) is 0. The van der Waals surface area contributed by atoms with Gasteiger partial charge < -0.3 is 4.90 Å². The van der Waals surface area contributed by atoms with Crippen molar-refractivity contribution in [3.05, 3.63) is 0 Å². The van der Waals surface area contributed by atoms with E-state index in [1.54, 1.807) is 0 Å². The largest absolute Gasteiger partial charge is 0.309 e. The minimum Gasteiger partial charge on any atom is -0.309 e. The minimum atomic E-state index is 0.569. The van der Waals surface area contributed by atoms with Crippen LogP contribution in [0.5, 0.6) is 0 Å². The van der Waals surface area contributed by atoms with Gasteiger partial charge in [-0.15, -0.1) is 0 Å². The second kappa shape index (κ2) is 3.15. The Morgan fingerprint density at radius 3 is 2.33 bits per heavy atom. The van der Waals surface area contributed by atoms with Crippen LogP contribution in [0.3, 0.4) is 0 Å². The van der Waals surface area contributed by atoms with E-state index in [4.69, 9.17) is 9.78 Å². The van der Waals surface area contributed by atoms with Crippen LogP contribution in [0.4, 0.5) is 0 Å². The number of hydrogen-bond acceptors (Lipinski definition) is 3. The Morgan fingerprint density at radius 2 is 1.89 bits per heavy atom. The third-order valence-corrected chi connectivity index (χ3v) is 1.31. The lowest BCUT2D eigenvalue weighted by molar-refractivity contribution is -0.248. The van der Waals surface area contributed by atoms with Gasteiger partial charge in [0, 0.05) is 12.5 Å². The van der Waals surface area contributed by atoms with Crippen molar-refractivity contribution in [3.8, 4) is 0 Å². The molecule has 1 aliphatic heterocycles. The van der Waals surface area contributed by atoms with Crippen molar-refractivity contribution in [2.45, 2.75) is 0 Å². The molecule has 1 saturated heterocycles. The highest BCUT2D eigenvalue weighted by Gasteiger charge is 2.17. The molecule has 0 radical (unpaired) electrons. The van der Waals surface area contributed by atoms with E-state index in [-0.39, 0.29) is 0 Å². The van der Waals surface area contributed by atoms with E-state index in [9.17, 15) is 0 Å². The summed E-state index contributed by atoms with van der Waals surface area (Å²) < 4.78 is 0. The zero-order valence-electron chi connectivity index (χ0n) is 5.96. The summed E-state index contributed by atoms with van der Waals surface area (Å²) in [4.78, 5) is 11.6. The predicted molar refractivity (Wildman–Crippen MR) is 33.9 cm³/mol. The quantitative estimate of drug-likeness (QED) is 0.497. The molecule has 1 rings (SSSR count). The maximum absolute atomic E-state index is 4.73. The molecule has 0 spiro atoms. The first-order chi connectivity index (χ1) is 4.29. The van der Waals surface area contributed by atoms with Crippen molar-refractivity contribution in [1.29, 1.82) is 0 Å². The van der Waals surface area contributed by atoms with Gasteiger partial charge in [0.15, 0.2) is 0 Å². The van der Waals surface area contributed by atoms with Crippen molar-refractivity contribution >= 4 is 0 Å². The zero-order valence-corrected chi connectivity index (χ0v) is 5.96. The van der Waals surface area contributed by atoms with Crippen LogP contribution < -0.4 is 0 Å². The average Bonchev–Trinajstić information content (AvgIpc) is 2.15. The molecule has 54 valence electrons. The summed E-state index contributed by atoms with van der Waals surface area (Å²) in [5, 5.41) is 0. The molecule has 0 aliphatic carbocycles. The molecule has 1 fully saturated rings. The second-order valence-electron chi connectivity index (χ2n) is 2.70. The molecular weight excluding hydrogens is 118 g/mol. The van der Waals surface area contributed by atoms with Gasteiger partial charge in [0.05, 0.1) is 13.2 Å². The minimum absolute atomic E-state index is 0.569. The lowest BCUT2D eigenvalue weighted by Gasteiger charge is -2.11. The standard InChI is InChI=1S/C6H13NO2/c1-7(2)3-6-4-8-9-5-6/h6H,3-5H2,1-2H3. The molecule has 0 aromatic heterocycles. The second-order valence-corrected chi connectivity index (χ2v) is 2.70. The van der Waals surface area contributed by atoms with Gasteiger partial charge in [0.25, 0.3) is 0 Å². The third kappa shape index (κ3) is 2.30. The maximum Gasteiger partial charge on any atom is 0.0886 e. The van der Waals surface area contributed by atoms with Crippen LogP contribution in [0.15, 0.2) is 0 Å². The van der Waals surface area contributed by atoms with Crippen LogP contribution in [0.2, 0.25) is 0 Å². The van der Waals surface area contributed by atoms with E-state index in [0.717, 1.165) is 19.8 Å². The lowest BCUT2D eigenvalue weighted by atomic mass is 10.2. The monoisotopic (exact) mass is 131 g/mol. The van der Waals surface area contributed by atoms with Gasteiger partial charge in [-0.1, -0.05) is 0 Å². The van der Waals surface area contributed by atoms with E-state index in [1.807, 2.05) is 0 Å². The van der Waals surface area contributed by atoms with E-state index in [2.05, 4.69) is 19.0 Å². The first-order valence-electron chi connectivity index (χ1n) is 3.18.